The molecule has 0 bridgehead atoms. The van der Waals surface area contributed by atoms with Crippen LogP contribution in [0.15, 0.2) is 28.9 Å². The topological polar surface area (TPSA) is 77.7 Å². The molecule has 116 valence electrons. The van der Waals surface area contributed by atoms with E-state index < -0.39 is 0 Å². The summed E-state index contributed by atoms with van der Waals surface area (Å²) in [5.41, 5.74) is 1.19. The molecule has 0 saturated carbocycles. The maximum atomic E-state index is 12.2. The molecule has 0 aliphatic carbocycles. The van der Waals surface area contributed by atoms with Gasteiger partial charge in [-0.05, 0) is 19.1 Å². The van der Waals surface area contributed by atoms with Crippen molar-refractivity contribution in [3.63, 3.8) is 0 Å². The van der Waals surface area contributed by atoms with Crippen molar-refractivity contribution in [2.24, 2.45) is 0 Å². The molecule has 0 saturated heterocycles. The van der Waals surface area contributed by atoms with Gasteiger partial charge in [0.15, 0.2) is 17.6 Å². The van der Waals surface area contributed by atoms with Crippen LogP contribution < -0.4 is 9.47 Å². The lowest BCUT2D eigenvalue weighted by Crippen LogP contribution is -2.42. The molecule has 0 spiro atoms. The summed E-state index contributed by atoms with van der Waals surface area (Å²) >= 11 is 0. The lowest BCUT2D eigenvalue weighted by atomic mass is 10.2. The Bertz CT molecular complexity index is 670. The predicted molar refractivity (Wildman–Crippen MR) is 76.7 cm³/mol. The highest BCUT2D eigenvalue weighted by Crippen LogP contribution is 2.30. The van der Waals surface area contributed by atoms with Gasteiger partial charge in [-0.2, -0.15) is 0 Å². The third-order valence-electron chi connectivity index (χ3n) is 3.54. The van der Waals surface area contributed by atoms with Crippen LogP contribution in [0.3, 0.4) is 0 Å². The molecule has 1 atom stereocenters. The predicted octanol–water partition coefficient (Wildman–Crippen LogP) is 1.22. The molecule has 22 heavy (non-hydrogen) atoms. The fraction of sp³-hybridized carbons (Fsp3) is 0.400. The van der Waals surface area contributed by atoms with E-state index in [0.717, 1.165) is 5.75 Å². The van der Waals surface area contributed by atoms with Crippen LogP contribution in [0.25, 0.3) is 0 Å². The van der Waals surface area contributed by atoms with E-state index in [1.807, 2.05) is 24.3 Å². The van der Waals surface area contributed by atoms with Gasteiger partial charge >= 0.3 is 0 Å². The molecule has 3 rings (SSSR count). The van der Waals surface area contributed by atoms with E-state index in [0.29, 0.717) is 30.3 Å². The number of carbonyl (C=O) groups is 1. The van der Waals surface area contributed by atoms with Gasteiger partial charge in [0.2, 0.25) is 5.91 Å². The first-order valence-corrected chi connectivity index (χ1v) is 7.04. The van der Waals surface area contributed by atoms with Gasteiger partial charge in [0.05, 0.1) is 13.0 Å². The summed E-state index contributed by atoms with van der Waals surface area (Å²) in [4.78, 5) is 13.8. The van der Waals surface area contributed by atoms with Crippen molar-refractivity contribution < 1.29 is 18.9 Å². The van der Waals surface area contributed by atoms with Crippen molar-refractivity contribution in [3.05, 3.63) is 35.7 Å². The highest BCUT2D eigenvalue weighted by Gasteiger charge is 2.24. The average Bonchev–Trinajstić information content (AvgIpc) is 2.92. The number of aromatic nitrogens is 2. The molecule has 2 aromatic rings. The molecule has 1 aliphatic heterocycles. The molecule has 1 aliphatic rings. The number of carbonyl (C=O) groups excluding carboxylic acids is 1. The number of likely N-dealkylation sites (N-methyl/N-ethyl adjacent to an activating group) is 1. The first-order chi connectivity index (χ1) is 10.6. The largest absolute Gasteiger partial charge is 0.486 e. The standard InChI is InChI=1S/C15H17N3O4/c1-10-12(17-22-16-10)7-15(19)18(2)8-11-9-20-13-5-3-4-6-14(13)21-11/h3-6,11H,7-9H2,1-2H3. The summed E-state index contributed by atoms with van der Waals surface area (Å²) in [7, 11) is 1.73. The maximum absolute atomic E-state index is 12.2. The quantitative estimate of drug-likeness (QED) is 0.845. The minimum atomic E-state index is -0.194. The Morgan fingerprint density at radius 2 is 2.09 bits per heavy atom. The van der Waals surface area contributed by atoms with Gasteiger partial charge in [0.25, 0.3) is 0 Å². The van der Waals surface area contributed by atoms with Crippen LogP contribution in [0, 0.1) is 6.92 Å². The van der Waals surface area contributed by atoms with Crippen LogP contribution in [-0.4, -0.2) is 47.4 Å². The van der Waals surface area contributed by atoms with Gasteiger partial charge < -0.3 is 14.4 Å². The minimum absolute atomic E-state index is 0.0683. The summed E-state index contributed by atoms with van der Waals surface area (Å²) < 4.78 is 16.1. The summed E-state index contributed by atoms with van der Waals surface area (Å²) in [6.07, 6.45) is -0.0314. The molecule has 1 unspecified atom stereocenters. The van der Waals surface area contributed by atoms with E-state index in [4.69, 9.17) is 9.47 Å². The second kappa shape index (κ2) is 6.05. The van der Waals surface area contributed by atoms with Crippen LogP contribution in [0.4, 0.5) is 0 Å². The van der Waals surface area contributed by atoms with Crippen molar-refractivity contribution in [1.82, 2.24) is 15.2 Å². The molecular weight excluding hydrogens is 286 g/mol. The number of benzene rings is 1. The van der Waals surface area contributed by atoms with E-state index in [9.17, 15) is 4.79 Å². The monoisotopic (exact) mass is 303 g/mol. The molecule has 1 aromatic heterocycles. The summed E-state index contributed by atoms with van der Waals surface area (Å²) in [5.74, 6) is 1.37. The van der Waals surface area contributed by atoms with Gasteiger partial charge in [0, 0.05) is 7.05 Å². The molecule has 0 radical (unpaired) electrons. The maximum Gasteiger partial charge on any atom is 0.228 e. The van der Waals surface area contributed by atoms with Gasteiger partial charge in [-0.3, -0.25) is 4.79 Å². The first-order valence-electron chi connectivity index (χ1n) is 7.04. The molecule has 2 heterocycles. The lowest BCUT2D eigenvalue weighted by Gasteiger charge is -2.29. The first kappa shape index (κ1) is 14.4. The van der Waals surface area contributed by atoms with Crippen molar-refractivity contribution >= 4 is 5.91 Å². The fourth-order valence-electron chi connectivity index (χ4n) is 2.25. The average molecular weight is 303 g/mol. The second-order valence-electron chi connectivity index (χ2n) is 5.24. The SMILES string of the molecule is Cc1nonc1CC(=O)N(C)CC1COc2ccccc2O1. The van der Waals surface area contributed by atoms with Crippen LogP contribution in [0.5, 0.6) is 11.5 Å². The number of hydrogen-bond acceptors (Lipinski definition) is 6. The number of fused-ring (bicyclic) bond motifs is 1. The van der Waals surface area contributed by atoms with E-state index in [2.05, 4.69) is 14.9 Å². The Kier molecular flexibility index (Phi) is 3.95. The third-order valence-corrected chi connectivity index (χ3v) is 3.54. The highest BCUT2D eigenvalue weighted by molar-refractivity contribution is 5.78. The fourth-order valence-corrected chi connectivity index (χ4v) is 2.25. The van der Waals surface area contributed by atoms with E-state index >= 15 is 0 Å². The molecule has 1 aromatic carbocycles. The van der Waals surface area contributed by atoms with E-state index in [1.165, 1.54) is 0 Å². The van der Waals surface area contributed by atoms with Crippen molar-refractivity contribution in [1.29, 1.82) is 0 Å². The zero-order valence-corrected chi connectivity index (χ0v) is 12.5. The second-order valence-corrected chi connectivity index (χ2v) is 5.24. The van der Waals surface area contributed by atoms with Crippen molar-refractivity contribution in [2.75, 3.05) is 20.2 Å². The normalized spacial score (nSPS) is 16.4. The molecule has 0 N–H and O–H groups in total. The van der Waals surface area contributed by atoms with Crippen LogP contribution >= 0.6 is 0 Å². The number of ether oxygens (including phenoxy) is 2. The van der Waals surface area contributed by atoms with Crippen molar-refractivity contribution in [2.45, 2.75) is 19.4 Å². The molecule has 0 fully saturated rings. The number of para-hydroxylation sites is 2. The number of hydrogen-bond donors (Lipinski definition) is 0. The van der Waals surface area contributed by atoms with Gasteiger partial charge in [-0.15, -0.1) is 0 Å². The number of amides is 1. The molecule has 7 heteroatoms. The van der Waals surface area contributed by atoms with Gasteiger partial charge in [-0.1, -0.05) is 22.4 Å². The van der Waals surface area contributed by atoms with E-state index in [1.54, 1.807) is 18.9 Å². The lowest BCUT2D eigenvalue weighted by molar-refractivity contribution is -0.130. The summed E-state index contributed by atoms with van der Waals surface area (Å²) in [6, 6.07) is 7.50. The molecule has 1 amide bonds. The zero-order valence-electron chi connectivity index (χ0n) is 12.5. The van der Waals surface area contributed by atoms with Crippen LogP contribution in [0.2, 0.25) is 0 Å². The summed E-state index contributed by atoms with van der Waals surface area (Å²) in [5, 5.41) is 7.39. The third kappa shape index (κ3) is 3.03. The van der Waals surface area contributed by atoms with Gasteiger partial charge in [0.1, 0.15) is 18.0 Å². The van der Waals surface area contributed by atoms with E-state index in [-0.39, 0.29) is 18.4 Å². The highest BCUT2D eigenvalue weighted by atomic mass is 16.6. The Balaban J connectivity index is 1.57. The Hall–Kier alpha value is -2.57. The Labute approximate surface area is 127 Å². The van der Waals surface area contributed by atoms with Gasteiger partial charge in [-0.25, -0.2) is 4.63 Å². The van der Waals surface area contributed by atoms with Crippen LogP contribution in [0.1, 0.15) is 11.4 Å². The smallest absolute Gasteiger partial charge is 0.228 e. The van der Waals surface area contributed by atoms with Crippen molar-refractivity contribution in [3.8, 4) is 11.5 Å². The van der Waals surface area contributed by atoms with Crippen LogP contribution in [-0.2, 0) is 11.2 Å². The Morgan fingerprint density at radius 3 is 2.82 bits per heavy atom. The number of nitrogens with zero attached hydrogens (tertiary/aromatic N) is 3. The molecule has 7 nitrogen and oxygen atoms in total. The number of aryl methyl sites for hydroxylation is 1. The Morgan fingerprint density at radius 1 is 1.32 bits per heavy atom. The summed E-state index contributed by atoms with van der Waals surface area (Å²) in [6.45, 7) is 2.62. The number of rotatable bonds is 4. The molecular formula is C15H17N3O4. The minimum Gasteiger partial charge on any atom is -0.486 e. The zero-order chi connectivity index (χ0) is 15.5.